The van der Waals surface area contributed by atoms with Gasteiger partial charge in [0.2, 0.25) is 0 Å². The van der Waals surface area contributed by atoms with Crippen molar-refractivity contribution >= 4 is 23.4 Å². The lowest BCUT2D eigenvalue weighted by Crippen LogP contribution is -2.43. The quantitative estimate of drug-likeness (QED) is 0.849. The SMILES string of the molecule is Cc1ccc(F)c(NC(=O)C2(O)CCSC2)c1. The van der Waals surface area contributed by atoms with Crippen molar-refractivity contribution in [1.29, 1.82) is 0 Å². The van der Waals surface area contributed by atoms with E-state index < -0.39 is 17.3 Å². The fourth-order valence-corrected chi connectivity index (χ4v) is 2.95. The van der Waals surface area contributed by atoms with Crippen LogP contribution >= 0.6 is 11.8 Å². The fourth-order valence-electron chi connectivity index (χ4n) is 1.71. The molecular weight excluding hydrogens is 241 g/mol. The fraction of sp³-hybridized carbons (Fsp3) is 0.417. The van der Waals surface area contributed by atoms with E-state index in [4.69, 9.17) is 0 Å². The maximum atomic E-state index is 13.4. The first-order valence-electron chi connectivity index (χ1n) is 5.39. The van der Waals surface area contributed by atoms with Crippen molar-refractivity contribution in [1.82, 2.24) is 0 Å². The number of carbonyl (C=O) groups is 1. The van der Waals surface area contributed by atoms with Crippen molar-refractivity contribution in [2.75, 3.05) is 16.8 Å². The van der Waals surface area contributed by atoms with Crippen molar-refractivity contribution in [3.63, 3.8) is 0 Å². The molecule has 1 saturated heterocycles. The summed E-state index contributed by atoms with van der Waals surface area (Å²) in [6, 6.07) is 4.49. The van der Waals surface area contributed by atoms with Gasteiger partial charge in [0.25, 0.3) is 5.91 Å². The van der Waals surface area contributed by atoms with E-state index in [1.165, 1.54) is 17.8 Å². The lowest BCUT2D eigenvalue weighted by molar-refractivity contribution is -0.131. The molecule has 0 radical (unpaired) electrons. The highest BCUT2D eigenvalue weighted by molar-refractivity contribution is 7.99. The molecule has 92 valence electrons. The summed E-state index contributed by atoms with van der Waals surface area (Å²) in [4.78, 5) is 11.9. The van der Waals surface area contributed by atoms with Crippen LogP contribution in [0.1, 0.15) is 12.0 Å². The van der Waals surface area contributed by atoms with Gasteiger partial charge in [0.1, 0.15) is 5.82 Å². The number of hydrogen-bond acceptors (Lipinski definition) is 3. The number of benzene rings is 1. The Morgan fingerprint density at radius 2 is 2.35 bits per heavy atom. The zero-order valence-electron chi connectivity index (χ0n) is 9.50. The summed E-state index contributed by atoms with van der Waals surface area (Å²) in [5.41, 5.74) is -0.379. The molecule has 5 heteroatoms. The van der Waals surface area contributed by atoms with E-state index in [0.717, 1.165) is 11.3 Å². The van der Waals surface area contributed by atoms with Crippen LogP contribution in [-0.2, 0) is 4.79 Å². The molecule has 1 fully saturated rings. The standard InChI is InChI=1S/C12H14FNO2S/c1-8-2-3-9(13)10(6-8)14-11(15)12(16)4-5-17-7-12/h2-3,6,16H,4-5,7H2,1H3,(H,14,15). The highest BCUT2D eigenvalue weighted by atomic mass is 32.2. The van der Waals surface area contributed by atoms with Gasteiger partial charge in [-0.2, -0.15) is 11.8 Å². The van der Waals surface area contributed by atoms with Crippen molar-refractivity contribution in [2.24, 2.45) is 0 Å². The third-order valence-electron chi connectivity index (χ3n) is 2.79. The topological polar surface area (TPSA) is 49.3 Å². The van der Waals surface area contributed by atoms with Crippen LogP contribution in [-0.4, -0.2) is 28.1 Å². The van der Waals surface area contributed by atoms with Gasteiger partial charge >= 0.3 is 0 Å². The van der Waals surface area contributed by atoms with Crippen LogP contribution in [0, 0.1) is 12.7 Å². The third-order valence-corrected chi connectivity index (χ3v) is 3.97. The predicted molar refractivity (Wildman–Crippen MR) is 66.7 cm³/mol. The summed E-state index contributed by atoms with van der Waals surface area (Å²) >= 11 is 1.52. The first-order valence-corrected chi connectivity index (χ1v) is 6.54. The summed E-state index contributed by atoms with van der Waals surface area (Å²) < 4.78 is 13.4. The number of rotatable bonds is 2. The molecule has 1 heterocycles. The highest BCUT2D eigenvalue weighted by Crippen LogP contribution is 2.29. The smallest absolute Gasteiger partial charge is 0.257 e. The van der Waals surface area contributed by atoms with E-state index >= 15 is 0 Å². The lowest BCUT2D eigenvalue weighted by Gasteiger charge is -2.20. The van der Waals surface area contributed by atoms with E-state index in [1.807, 2.05) is 6.92 Å². The van der Waals surface area contributed by atoms with Crippen LogP contribution in [0.3, 0.4) is 0 Å². The normalized spacial score (nSPS) is 23.7. The summed E-state index contributed by atoms with van der Waals surface area (Å²) in [6.45, 7) is 1.81. The molecule has 1 unspecified atom stereocenters. The largest absolute Gasteiger partial charge is 0.379 e. The number of anilines is 1. The van der Waals surface area contributed by atoms with E-state index in [2.05, 4.69) is 5.32 Å². The van der Waals surface area contributed by atoms with Crippen LogP contribution in [0.5, 0.6) is 0 Å². The van der Waals surface area contributed by atoms with Gasteiger partial charge in [-0.1, -0.05) is 6.07 Å². The van der Waals surface area contributed by atoms with E-state index in [-0.39, 0.29) is 5.69 Å². The summed E-state index contributed by atoms with van der Waals surface area (Å²) in [6.07, 6.45) is 0.414. The number of aryl methyl sites for hydroxylation is 1. The Hall–Kier alpha value is -1.07. The predicted octanol–water partition coefficient (Wildman–Crippen LogP) is 1.94. The number of thioether (sulfide) groups is 1. The number of nitrogens with one attached hydrogen (secondary N) is 1. The number of hydrogen-bond donors (Lipinski definition) is 2. The monoisotopic (exact) mass is 255 g/mol. The Labute approximate surface area is 103 Å². The van der Waals surface area contributed by atoms with E-state index in [9.17, 15) is 14.3 Å². The number of carbonyl (C=O) groups excluding carboxylic acids is 1. The zero-order valence-corrected chi connectivity index (χ0v) is 10.3. The van der Waals surface area contributed by atoms with Crippen molar-refractivity contribution in [2.45, 2.75) is 18.9 Å². The average molecular weight is 255 g/mol. The second-order valence-electron chi connectivity index (χ2n) is 4.27. The Morgan fingerprint density at radius 1 is 1.59 bits per heavy atom. The maximum Gasteiger partial charge on any atom is 0.257 e. The van der Waals surface area contributed by atoms with Crippen molar-refractivity contribution < 1.29 is 14.3 Å². The van der Waals surface area contributed by atoms with Gasteiger partial charge in [0.15, 0.2) is 5.60 Å². The molecule has 1 aromatic carbocycles. The Kier molecular flexibility index (Phi) is 3.40. The van der Waals surface area contributed by atoms with Crippen LogP contribution in [0.2, 0.25) is 0 Å². The zero-order chi connectivity index (χ0) is 12.5. The minimum atomic E-state index is -1.36. The van der Waals surface area contributed by atoms with Crippen LogP contribution in [0.25, 0.3) is 0 Å². The number of amides is 1. The van der Waals surface area contributed by atoms with Gasteiger partial charge in [-0.05, 0) is 36.8 Å². The minimum absolute atomic E-state index is 0.125. The third kappa shape index (κ3) is 2.61. The minimum Gasteiger partial charge on any atom is -0.379 e. The Balaban J connectivity index is 2.15. The maximum absolute atomic E-state index is 13.4. The van der Waals surface area contributed by atoms with Gasteiger partial charge < -0.3 is 10.4 Å². The Bertz CT molecular complexity index is 444. The molecule has 0 spiro atoms. The molecule has 0 aliphatic carbocycles. The van der Waals surface area contributed by atoms with E-state index in [1.54, 1.807) is 12.1 Å². The van der Waals surface area contributed by atoms with Gasteiger partial charge in [-0.25, -0.2) is 4.39 Å². The molecule has 1 aromatic rings. The molecule has 2 rings (SSSR count). The lowest BCUT2D eigenvalue weighted by atomic mass is 10.0. The summed E-state index contributed by atoms with van der Waals surface area (Å²) in [7, 11) is 0. The van der Waals surface area contributed by atoms with E-state index in [0.29, 0.717) is 12.2 Å². The number of aliphatic hydroxyl groups is 1. The first-order chi connectivity index (χ1) is 8.01. The van der Waals surface area contributed by atoms with Crippen molar-refractivity contribution in [3.05, 3.63) is 29.6 Å². The summed E-state index contributed by atoms with van der Waals surface area (Å²) in [5, 5.41) is 12.5. The molecule has 1 aliphatic heterocycles. The number of halogens is 1. The Morgan fingerprint density at radius 3 is 3.00 bits per heavy atom. The molecule has 0 bridgehead atoms. The van der Waals surface area contributed by atoms with Gasteiger partial charge in [-0.15, -0.1) is 0 Å². The molecule has 0 saturated carbocycles. The van der Waals surface area contributed by atoms with Crippen molar-refractivity contribution in [3.8, 4) is 0 Å². The molecule has 0 aromatic heterocycles. The van der Waals surface area contributed by atoms with Gasteiger partial charge in [-0.3, -0.25) is 4.79 Å². The summed E-state index contributed by atoms with van der Waals surface area (Å²) in [5.74, 6) is 0.108. The average Bonchev–Trinajstić information content (AvgIpc) is 2.72. The second-order valence-corrected chi connectivity index (χ2v) is 5.38. The first kappa shape index (κ1) is 12.4. The molecule has 2 N–H and O–H groups in total. The molecule has 1 atom stereocenters. The highest BCUT2D eigenvalue weighted by Gasteiger charge is 2.39. The molecular formula is C12H14FNO2S. The van der Waals surface area contributed by atoms with Crippen LogP contribution in [0.4, 0.5) is 10.1 Å². The van der Waals surface area contributed by atoms with Crippen LogP contribution < -0.4 is 5.32 Å². The molecule has 1 amide bonds. The van der Waals surface area contributed by atoms with Gasteiger partial charge in [0, 0.05) is 5.75 Å². The molecule has 17 heavy (non-hydrogen) atoms. The van der Waals surface area contributed by atoms with Gasteiger partial charge in [0.05, 0.1) is 5.69 Å². The molecule has 1 aliphatic rings. The second kappa shape index (κ2) is 4.66. The molecule has 3 nitrogen and oxygen atoms in total. The van der Waals surface area contributed by atoms with Crippen LogP contribution in [0.15, 0.2) is 18.2 Å².